The predicted octanol–water partition coefficient (Wildman–Crippen LogP) is 1.63. The van der Waals surface area contributed by atoms with Crippen molar-refractivity contribution in [3.63, 3.8) is 0 Å². The summed E-state index contributed by atoms with van der Waals surface area (Å²) in [7, 11) is 0. The minimum atomic E-state index is 0.135. The van der Waals surface area contributed by atoms with Gasteiger partial charge in [-0.3, -0.25) is 4.79 Å². The Balaban J connectivity index is 1.73. The Kier molecular flexibility index (Phi) is 2.81. The van der Waals surface area contributed by atoms with Crippen LogP contribution in [0.25, 0.3) is 0 Å². The van der Waals surface area contributed by atoms with Crippen molar-refractivity contribution >= 4 is 17.5 Å². The number of nitrogens with one attached hydrogen (secondary N) is 1. The van der Waals surface area contributed by atoms with Crippen molar-refractivity contribution in [2.75, 3.05) is 26.2 Å². The largest absolute Gasteiger partial charge is 0.338 e. The first kappa shape index (κ1) is 11.1. The van der Waals surface area contributed by atoms with Gasteiger partial charge in [-0.15, -0.1) is 0 Å². The highest BCUT2D eigenvalue weighted by Crippen LogP contribution is 2.27. The van der Waals surface area contributed by atoms with Gasteiger partial charge in [0.15, 0.2) is 0 Å². The van der Waals surface area contributed by atoms with Crippen molar-refractivity contribution in [1.29, 1.82) is 0 Å². The summed E-state index contributed by atoms with van der Waals surface area (Å²) in [6.07, 6.45) is 0. The number of carbonyl (C=O) groups excluding carboxylic acids is 1. The normalized spacial score (nSPS) is 27.2. The Labute approximate surface area is 106 Å². The lowest BCUT2D eigenvalue weighted by Gasteiger charge is -2.17. The fourth-order valence-electron chi connectivity index (χ4n) is 2.80. The third-order valence-electron chi connectivity index (χ3n) is 3.77. The lowest BCUT2D eigenvalue weighted by molar-refractivity contribution is 0.0781. The van der Waals surface area contributed by atoms with Gasteiger partial charge in [0, 0.05) is 36.8 Å². The van der Waals surface area contributed by atoms with Gasteiger partial charge < -0.3 is 10.2 Å². The first-order valence-corrected chi connectivity index (χ1v) is 6.37. The number of fused-ring (bicyclic) bond motifs is 1. The van der Waals surface area contributed by atoms with Gasteiger partial charge in [0.1, 0.15) is 0 Å². The molecule has 0 saturated carbocycles. The fourth-order valence-corrected chi connectivity index (χ4v) is 2.92. The Morgan fingerprint density at radius 3 is 2.35 bits per heavy atom. The summed E-state index contributed by atoms with van der Waals surface area (Å²) in [6.45, 7) is 3.88. The molecule has 0 unspecified atom stereocenters. The molecule has 2 atom stereocenters. The number of hydrogen-bond donors (Lipinski definition) is 1. The number of hydrogen-bond acceptors (Lipinski definition) is 2. The molecule has 1 aromatic rings. The number of likely N-dealkylation sites (tertiary alicyclic amines) is 1. The Morgan fingerprint density at radius 1 is 1.18 bits per heavy atom. The fraction of sp³-hybridized carbons (Fsp3) is 0.462. The molecule has 2 saturated heterocycles. The van der Waals surface area contributed by atoms with Crippen LogP contribution in [0.3, 0.4) is 0 Å². The molecular weight excluding hydrogens is 236 g/mol. The zero-order valence-corrected chi connectivity index (χ0v) is 10.3. The molecule has 2 fully saturated rings. The first-order chi connectivity index (χ1) is 8.24. The molecular formula is C13H15ClN2O. The van der Waals surface area contributed by atoms with Crippen molar-refractivity contribution < 1.29 is 4.79 Å². The summed E-state index contributed by atoms with van der Waals surface area (Å²) in [5.74, 6) is 1.42. The second kappa shape index (κ2) is 4.31. The van der Waals surface area contributed by atoms with E-state index >= 15 is 0 Å². The van der Waals surface area contributed by atoms with Crippen molar-refractivity contribution in [3.8, 4) is 0 Å². The number of carbonyl (C=O) groups is 1. The van der Waals surface area contributed by atoms with Crippen molar-refractivity contribution in [2.45, 2.75) is 0 Å². The molecule has 0 aliphatic carbocycles. The number of nitrogens with zero attached hydrogens (tertiary/aromatic N) is 1. The smallest absolute Gasteiger partial charge is 0.253 e. The highest BCUT2D eigenvalue weighted by molar-refractivity contribution is 6.30. The minimum Gasteiger partial charge on any atom is -0.338 e. The molecule has 1 aromatic carbocycles. The van der Waals surface area contributed by atoms with E-state index in [1.165, 1.54) is 0 Å². The molecule has 1 N–H and O–H groups in total. The lowest BCUT2D eigenvalue weighted by Crippen LogP contribution is -2.31. The number of halogens is 1. The van der Waals surface area contributed by atoms with Crippen LogP contribution < -0.4 is 5.32 Å². The average molecular weight is 251 g/mol. The average Bonchev–Trinajstić information content (AvgIpc) is 2.89. The SMILES string of the molecule is O=C(c1ccc(Cl)cc1)N1C[C@H]2CNC[C@H]2C1. The molecule has 1 amide bonds. The Morgan fingerprint density at radius 2 is 1.76 bits per heavy atom. The van der Waals surface area contributed by atoms with Crippen LogP contribution in [0.15, 0.2) is 24.3 Å². The van der Waals surface area contributed by atoms with Gasteiger partial charge in [0.2, 0.25) is 0 Å². The predicted molar refractivity (Wildman–Crippen MR) is 67.2 cm³/mol. The Hall–Kier alpha value is -1.06. The molecule has 0 aromatic heterocycles. The standard InChI is InChI=1S/C13H15ClN2O/c14-12-3-1-9(2-4-12)13(17)16-7-10-5-15-6-11(10)8-16/h1-4,10-11,15H,5-8H2/t10-,11+. The van der Waals surface area contributed by atoms with Gasteiger partial charge in [-0.1, -0.05) is 11.6 Å². The van der Waals surface area contributed by atoms with E-state index in [-0.39, 0.29) is 5.91 Å². The van der Waals surface area contributed by atoms with Gasteiger partial charge in [-0.25, -0.2) is 0 Å². The molecule has 0 bridgehead atoms. The summed E-state index contributed by atoms with van der Waals surface area (Å²) in [5, 5.41) is 4.05. The molecule has 2 heterocycles. The zero-order chi connectivity index (χ0) is 11.8. The van der Waals surface area contributed by atoms with Gasteiger partial charge in [-0.2, -0.15) is 0 Å². The lowest BCUT2D eigenvalue weighted by atomic mass is 10.0. The Bertz CT molecular complexity index is 420. The summed E-state index contributed by atoms with van der Waals surface area (Å²) in [6, 6.07) is 7.15. The number of rotatable bonds is 1. The van der Waals surface area contributed by atoms with Crippen LogP contribution in [-0.4, -0.2) is 37.0 Å². The molecule has 0 spiro atoms. The van der Waals surface area contributed by atoms with Gasteiger partial charge in [0.05, 0.1) is 0 Å². The number of benzene rings is 1. The molecule has 0 radical (unpaired) electrons. The highest BCUT2D eigenvalue weighted by Gasteiger charge is 2.38. The van der Waals surface area contributed by atoms with E-state index < -0.39 is 0 Å². The molecule has 90 valence electrons. The highest BCUT2D eigenvalue weighted by atomic mass is 35.5. The zero-order valence-electron chi connectivity index (χ0n) is 9.53. The monoisotopic (exact) mass is 250 g/mol. The van der Waals surface area contributed by atoms with Crippen molar-refractivity contribution in [1.82, 2.24) is 10.2 Å². The first-order valence-electron chi connectivity index (χ1n) is 5.99. The molecule has 3 nitrogen and oxygen atoms in total. The summed E-state index contributed by atoms with van der Waals surface area (Å²) >= 11 is 5.82. The van der Waals surface area contributed by atoms with Gasteiger partial charge in [0.25, 0.3) is 5.91 Å². The second-order valence-electron chi connectivity index (χ2n) is 4.90. The third kappa shape index (κ3) is 2.05. The maximum absolute atomic E-state index is 12.3. The minimum absolute atomic E-state index is 0.135. The molecule has 3 rings (SSSR count). The van der Waals surface area contributed by atoms with Crippen LogP contribution in [0.2, 0.25) is 5.02 Å². The van der Waals surface area contributed by atoms with Crippen LogP contribution in [-0.2, 0) is 0 Å². The number of amides is 1. The van der Waals surface area contributed by atoms with E-state index in [1.807, 2.05) is 4.90 Å². The van der Waals surface area contributed by atoms with Crippen LogP contribution >= 0.6 is 11.6 Å². The van der Waals surface area contributed by atoms with Gasteiger partial charge in [-0.05, 0) is 36.1 Å². The van der Waals surface area contributed by atoms with E-state index in [9.17, 15) is 4.79 Å². The topological polar surface area (TPSA) is 32.3 Å². The van der Waals surface area contributed by atoms with Crippen LogP contribution in [0, 0.1) is 11.8 Å². The van der Waals surface area contributed by atoms with Crippen molar-refractivity contribution in [2.24, 2.45) is 11.8 Å². The van der Waals surface area contributed by atoms with E-state index in [0.29, 0.717) is 16.9 Å². The summed E-state index contributed by atoms with van der Waals surface area (Å²) in [5.41, 5.74) is 0.738. The molecule has 2 aliphatic rings. The van der Waals surface area contributed by atoms with E-state index in [1.54, 1.807) is 24.3 Å². The third-order valence-corrected chi connectivity index (χ3v) is 4.02. The maximum atomic E-state index is 12.3. The summed E-state index contributed by atoms with van der Waals surface area (Å²) in [4.78, 5) is 14.2. The summed E-state index contributed by atoms with van der Waals surface area (Å²) < 4.78 is 0. The molecule has 2 aliphatic heterocycles. The van der Waals surface area contributed by atoms with Gasteiger partial charge >= 0.3 is 0 Å². The van der Waals surface area contributed by atoms with Crippen LogP contribution in [0.4, 0.5) is 0 Å². The molecule has 4 heteroatoms. The quantitative estimate of drug-likeness (QED) is 0.822. The second-order valence-corrected chi connectivity index (χ2v) is 5.33. The maximum Gasteiger partial charge on any atom is 0.253 e. The van der Waals surface area contributed by atoms with E-state index in [4.69, 9.17) is 11.6 Å². The van der Waals surface area contributed by atoms with E-state index in [0.717, 1.165) is 31.7 Å². The van der Waals surface area contributed by atoms with E-state index in [2.05, 4.69) is 5.32 Å². The van der Waals surface area contributed by atoms with Crippen molar-refractivity contribution in [3.05, 3.63) is 34.9 Å². The van der Waals surface area contributed by atoms with Crippen LogP contribution in [0.1, 0.15) is 10.4 Å². The van der Waals surface area contributed by atoms with Crippen LogP contribution in [0.5, 0.6) is 0 Å². The molecule has 17 heavy (non-hydrogen) atoms.